The highest BCUT2D eigenvalue weighted by molar-refractivity contribution is 5.99. The van der Waals surface area contributed by atoms with Gasteiger partial charge in [0.2, 0.25) is 0 Å². The van der Waals surface area contributed by atoms with Crippen LogP contribution >= 0.6 is 0 Å². The third kappa shape index (κ3) is 2.86. The quantitative estimate of drug-likeness (QED) is 0.751. The maximum absolute atomic E-state index is 12.2. The van der Waals surface area contributed by atoms with Gasteiger partial charge < -0.3 is 9.47 Å². The van der Waals surface area contributed by atoms with Gasteiger partial charge >= 0.3 is 0 Å². The van der Waals surface area contributed by atoms with Crippen LogP contribution in [0.5, 0.6) is 5.75 Å². The molecule has 0 saturated carbocycles. The van der Waals surface area contributed by atoms with E-state index in [1.54, 1.807) is 7.11 Å². The van der Waals surface area contributed by atoms with Gasteiger partial charge in [-0.15, -0.1) is 0 Å². The summed E-state index contributed by atoms with van der Waals surface area (Å²) in [5.41, 5.74) is 1.77. The third-order valence-electron chi connectivity index (χ3n) is 3.15. The topological polar surface area (TPSA) is 35.5 Å². The molecule has 0 radical (unpaired) electrons. The molecule has 3 nitrogen and oxygen atoms in total. The molecule has 0 aliphatic carbocycles. The van der Waals surface area contributed by atoms with Crippen LogP contribution in [0.4, 0.5) is 0 Å². The number of ketones is 1. The van der Waals surface area contributed by atoms with Crippen LogP contribution in [0.15, 0.2) is 18.2 Å². The summed E-state index contributed by atoms with van der Waals surface area (Å²) in [5, 5.41) is 0. The summed E-state index contributed by atoms with van der Waals surface area (Å²) in [7, 11) is 1.60. The summed E-state index contributed by atoms with van der Waals surface area (Å²) in [5.74, 6) is 1.19. The normalized spacial score (nSPS) is 19.3. The Labute approximate surface area is 102 Å². The second kappa shape index (κ2) is 5.32. The van der Waals surface area contributed by atoms with Gasteiger partial charge in [-0.3, -0.25) is 4.79 Å². The molecule has 0 spiro atoms. The van der Waals surface area contributed by atoms with Crippen molar-refractivity contribution in [2.24, 2.45) is 5.92 Å². The van der Waals surface area contributed by atoms with Crippen molar-refractivity contribution in [3.8, 4) is 5.75 Å². The van der Waals surface area contributed by atoms with E-state index in [0.29, 0.717) is 30.3 Å². The lowest BCUT2D eigenvalue weighted by Gasteiger charge is -2.10. The Morgan fingerprint density at radius 3 is 3.00 bits per heavy atom. The highest BCUT2D eigenvalue weighted by atomic mass is 16.5. The van der Waals surface area contributed by atoms with Crippen molar-refractivity contribution in [2.75, 3.05) is 20.3 Å². The Kier molecular flexibility index (Phi) is 3.79. The van der Waals surface area contributed by atoms with Crippen molar-refractivity contribution >= 4 is 5.78 Å². The van der Waals surface area contributed by atoms with Gasteiger partial charge in [0.05, 0.1) is 12.7 Å². The van der Waals surface area contributed by atoms with E-state index in [2.05, 4.69) is 0 Å². The van der Waals surface area contributed by atoms with E-state index in [9.17, 15) is 4.79 Å². The molecule has 1 fully saturated rings. The summed E-state index contributed by atoms with van der Waals surface area (Å²) in [4.78, 5) is 12.2. The van der Waals surface area contributed by atoms with Gasteiger partial charge in [-0.2, -0.15) is 0 Å². The number of aryl methyl sites for hydroxylation is 1. The lowest BCUT2D eigenvalue weighted by atomic mass is 9.96. The van der Waals surface area contributed by atoms with Gasteiger partial charge in [0.1, 0.15) is 5.75 Å². The number of carbonyl (C=O) groups is 1. The zero-order chi connectivity index (χ0) is 12.3. The first-order valence-electron chi connectivity index (χ1n) is 5.96. The van der Waals surface area contributed by atoms with Gasteiger partial charge in [0.25, 0.3) is 0 Å². The van der Waals surface area contributed by atoms with Crippen LogP contribution in [0.1, 0.15) is 28.8 Å². The Morgan fingerprint density at radius 1 is 1.53 bits per heavy atom. The fraction of sp³-hybridized carbons (Fsp3) is 0.500. The van der Waals surface area contributed by atoms with E-state index in [4.69, 9.17) is 9.47 Å². The summed E-state index contributed by atoms with van der Waals surface area (Å²) in [6.45, 7) is 3.47. The molecule has 1 unspecified atom stereocenters. The van der Waals surface area contributed by atoms with Gasteiger partial charge in [-0.25, -0.2) is 0 Å². The predicted octanol–water partition coefficient (Wildman–Crippen LogP) is 2.61. The lowest BCUT2D eigenvalue weighted by Crippen LogP contribution is -2.10. The third-order valence-corrected chi connectivity index (χ3v) is 3.15. The number of rotatable bonds is 4. The van der Waals surface area contributed by atoms with Crippen molar-refractivity contribution in [1.82, 2.24) is 0 Å². The van der Waals surface area contributed by atoms with Crippen LogP contribution < -0.4 is 4.74 Å². The summed E-state index contributed by atoms with van der Waals surface area (Å²) in [6, 6.07) is 5.71. The van der Waals surface area contributed by atoms with Crippen molar-refractivity contribution in [3.63, 3.8) is 0 Å². The first kappa shape index (κ1) is 12.1. The van der Waals surface area contributed by atoms with Crippen LogP contribution in [0.25, 0.3) is 0 Å². The van der Waals surface area contributed by atoms with Crippen LogP contribution in [-0.2, 0) is 4.74 Å². The first-order chi connectivity index (χ1) is 8.20. The summed E-state index contributed by atoms with van der Waals surface area (Å²) in [6.07, 6.45) is 1.54. The molecule has 92 valence electrons. The van der Waals surface area contributed by atoms with E-state index in [1.807, 2.05) is 25.1 Å². The largest absolute Gasteiger partial charge is 0.496 e. The molecular weight excluding hydrogens is 216 g/mol. The van der Waals surface area contributed by atoms with E-state index >= 15 is 0 Å². The van der Waals surface area contributed by atoms with Gasteiger partial charge in [-0.1, -0.05) is 11.6 Å². The molecule has 1 aromatic rings. The zero-order valence-corrected chi connectivity index (χ0v) is 10.4. The highest BCUT2D eigenvalue weighted by Gasteiger charge is 2.21. The molecular formula is C14H18O3. The van der Waals surface area contributed by atoms with Crippen LogP contribution in [0.2, 0.25) is 0 Å². The van der Waals surface area contributed by atoms with Gasteiger partial charge in [0, 0.05) is 19.6 Å². The molecule has 0 aromatic heterocycles. The Bertz CT molecular complexity index is 406. The van der Waals surface area contributed by atoms with Crippen molar-refractivity contribution in [3.05, 3.63) is 29.3 Å². The van der Waals surface area contributed by atoms with Crippen molar-refractivity contribution in [2.45, 2.75) is 19.8 Å². The molecule has 1 aliphatic rings. The van der Waals surface area contributed by atoms with E-state index < -0.39 is 0 Å². The van der Waals surface area contributed by atoms with Crippen LogP contribution in [0.3, 0.4) is 0 Å². The minimum absolute atomic E-state index is 0.154. The average Bonchev–Trinajstić information content (AvgIpc) is 2.81. The fourth-order valence-electron chi connectivity index (χ4n) is 2.16. The highest BCUT2D eigenvalue weighted by Crippen LogP contribution is 2.25. The first-order valence-corrected chi connectivity index (χ1v) is 5.96. The molecule has 1 atom stereocenters. The van der Waals surface area contributed by atoms with E-state index in [-0.39, 0.29) is 5.78 Å². The van der Waals surface area contributed by atoms with Crippen LogP contribution in [-0.4, -0.2) is 26.1 Å². The SMILES string of the molecule is COc1ccc(C)cc1C(=O)CC1CCOC1. The van der Waals surface area contributed by atoms with Crippen molar-refractivity contribution in [1.29, 1.82) is 0 Å². The zero-order valence-electron chi connectivity index (χ0n) is 10.4. The molecule has 1 aliphatic heterocycles. The minimum Gasteiger partial charge on any atom is -0.496 e. The van der Waals surface area contributed by atoms with E-state index in [0.717, 1.165) is 18.6 Å². The molecule has 1 saturated heterocycles. The second-order valence-electron chi connectivity index (χ2n) is 4.56. The fourth-order valence-corrected chi connectivity index (χ4v) is 2.16. The Hall–Kier alpha value is -1.35. The molecule has 0 bridgehead atoms. The number of Topliss-reactive ketones (excluding diaryl/α,β-unsaturated/α-hetero) is 1. The molecule has 1 aromatic carbocycles. The monoisotopic (exact) mass is 234 g/mol. The number of methoxy groups -OCH3 is 1. The second-order valence-corrected chi connectivity index (χ2v) is 4.56. The number of ether oxygens (including phenoxy) is 2. The Morgan fingerprint density at radius 2 is 2.35 bits per heavy atom. The number of hydrogen-bond acceptors (Lipinski definition) is 3. The molecule has 3 heteroatoms. The van der Waals surface area contributed by atoms with Crippen molar-refractivity contribution < 1.29 is 14.3 Å². The Balaban J connectivity index is 2.14. The van der Waals surface area contributed by atoms with Gasteiger partial charge in [-0.05, 0) is 31.4 Å². The molecule has 17 heavy (non-hydrogen) atoms. The molecule has 2 rings (SSSR count). The smallest absolute Gasteiger partial charge is 0.166 e. The maximum atomic E-state index is 12.2. The predicted molar refractivity (Wildman–Crippen MR) is 65.6 cm³/mol. The lowest BCUT2D eigenvalue weighted by molar-refractivity contribution is 0.0949. The number of hydrogen-bond donors (Lipinski definition) is 0. The molecule has 0 N–H and O–H groups in total. The maximum Gasteiger partial charge on any atom is 0.166 e. The van der Waals surface area contributed by atoms with Gasteiger partial charge in [0.15, 0.2) is 5.78 Å². The summed E-state index contributed by atoms with van der Waals surface area (Å²) >= 11 is 0. The van der Waals surface area contributed by atoms with Crippen LogP contribution in [0, 0.1) is 12.8 Å². The molecule has 1 heterocycles. The average molecular weight is 234 g/mol. The van der Waals surface area contributed by atoms with E-state index in [1.165, 1.54) is 0 Å². The number of carbonyl (C=O) groups excluding carboxylic acids is 1. The summed E-state index contributed by atoms with van der Waals surface area (Å²) < 4.78 is 10.5. The number of benzene rings is 1. The minimum atomic E-state index is 0.154. The molecule has 0 amide bonds. The standard InChI is InChI=1S/C14H18O3/c1-10-3-4-14(16-2)12(7-10)13(15)8-11-5-6-17-9-11/h3-4,7,11H,5-6,8-9H2,1-2H3.